The maximum atomic E-state index is 12.0. The number of nitrogens with two attached hydrogens (primary N) is 1. The molecule has 0 fully saturated rings. The zero-order valence-electron chi connectivity index (χ0n) is 13.6. The summed E-state index contributed by atoms with van der Waals surface area (Å²) < 4.78 is 0. The Kier molecular flexibility index (Phi) is 9.31. The summed E-state index contributed by atoms with van der Waals surface area (Å²) in [7, 11) is 0. The van der Waals surface area contributed by atoms with Crippen molar-refractivity contribution in [1.82, 2.24) is 5.32 Å². The number of benzene rings is 1. The third-order valence-electron chi connectivity index (χ3n) is 3.53. The number of hydrogen-bond donors (Lipinski definition) is 2. The topological polar surface area (TPSA) is 55.1 Å². The van der Waals surface area contributed by atoms with Gasteiger partial charge in [0.1, 0.15) is 0 Å². The van der Waals surface area contributed by atoms with Crippen molar-refractivity contribution >= 4 is 18.3 Å². The maximum absolute atomic E-state index is 12.0. The Morgan fingerprint density at radius 3 is 2.48 bits per heavy atom. The number of carbonyl (C=O) groups excluding carboxylic acids is 1. The Balaban J connectivity index is 0.00000400. The molecular formula is C17H29ClN2O. The van der Waals surface area contributed by atoms with E-state index in [4.69, 9.17) is 5.73 Å². The predicted molar refractivity (Wildman–Crippen MR) is 91.9 cm³/mol. The zero-order valence-corrected chi connectivity index (χ0v) is 14.4. The van der Waals surface area contributed by atoms with Crippen LogP contribution in [0.15, 0.2) is 18.2 Å². The third-order valence-corrected chi connectivity index (χ3v) is 3.53. The molecule has 0 saturated heterocycles. The standard InChI is InChI=1S/C17H28N2O.ClH/c1-12(2)9-16(11-18)19-17(20)8-7-15-6-5-13(3)10-14(15)4;/h5-6,10,12,16H,7-9,11,18H2,1-4H3,(H,19,20);1H. The van der Waals surface area contributed by atoms with Crippen molar-refractivity contribution in [2.75, 3.05) is 6.54 Å². The van der Waals surface area contributed by atoms with E-state index in [0.717, 1.165) is 12.8 Å². The van der Waals surface area contributed by atoms with Gasteiger partial charge in [-0.15, -0.1) is 12.4 Å². The van der Waals surface area contributed by atoms with E-state index in [2.05, 4.69) is 51.2 Å². The Bertz CT molecular complexity index is 446. The van der Waals surface area contributed by atoms with Crippen LogP contribution in [0.3, 0.4) is 0 Å². The van der Waals surface area contributed by atoms with Crippen LogP contribution in [0.5, 0.6) is 0 Å². The molecule has 0 aliphatic heterocycles. The van der Waals surface area contributed by atoms with Crippen LogP contribution in [-0.2, 0) is 11.2 Å². The van der Waals surface area contributed by atoms with E-state index in [1.165, 1.54) is 16.7 Å². The molecule has 0 bridgehead atoms. The lowest BCUT2D eigenvalue weighted by Gasteiger charge is -2.19. The van der Waals surface area contributed by atoms with E-state index >= 15 is 0 Å². The van der Waals surface area contributed by atoms with Gasteiger partial charge in [-0.3, -0.25) is 4.79 Å². The molecule has 21 heavy (non-hydrogen) atoms. The minimum atomic E-state index is 0. The summed E-state index contributed by atoms with van der Waals surface area (Å²) in [4.78, 5) is 12.0. The van der Waals surface area contributed by atoms with Crippen LogP contribution in [0, 0.1) is 19.8 Å². The van der Waals surface area contributed by atoms with E-state index < -0.39 is 0 Å². The minimum absolute atomic E-state index is 0. The Hall–Kier alpha value is -1.06. The summed E-state index contributed by atoms with van der Waals surface area (Å²) in [5.41, 5.74) is 9.47. The molecule has 1 amide bonds. The van der Waals surface area contributed by atoms with Crippen molar-refractivity contribution < 1.29 is 4.79 Å². The molecule has 0 radical (unpaired) electrons. The highest BCUT2D eigenvalue weighted by Crippen LogP contribution is 2.12. The van der Waals surface area contributed by atoms with Crippen LogP contribution < -0.4 is 11.1 Å². The van der Waals surface area contributed by atoms with Crippen LogP contribution in [0.2, 0.25) is 0 Å². The van der Waals surface area contributed by atoms with Gasteiger partial charge >= 0.3 is 0 Å². The molecule has 1 aromatic carbocycles. The first-order chi connectivity index (χ1) is 9.42. The fourth-order valence-corrected chi connectivity index (χ4v) is 2.46. The van der Waals surface area contributed by atoms with Crippen molar-refractivity contribution in [2.24, 2.45) is 11.7 Å². The summed E-state index contributed by atoms with van der Waals surface area (Å²) >= 11 is 0. The van der Waals surface area contributed by atoms with Crippen molar-refractivity contribution in [3.05, 3.63) is 34.9 Å². The molecule has 0 aliphatic rings. The molecule has 3 nitrogen and oxygen atoms in total. The number of nitrogens with one attached hydrogen (secondary N) is 1. The average molecular weight is 313 g/mol. The largest absolute Gasteiger partial charge is 0.352 e. The van der Waals surface area contributed by atoms with Crippen LogP contribution in [0.1, 0.15) is 43.4 Å². The van der Waals surface area contributed by atoms with Gasteiger partial charge in [-0.2, -0.15) is 0 Å². The van der Waals surface area contributed by atoms with E-state index in [1.54, 1.807) is 0 Å². The van der Waals surface area contributed by atoms with Crippen molar-refractivity contribution in [3.8, 4) is 0 Å². The molecule has 1 atom stereocenters. The number of aryl methyl sites for hydroxylation is 3. The summed E-state index contributed by atoms with van der Waals surface area (Å²) in [5.74, 6) is 0.643. The van der Waals surface area contributed by atoms with Gasteiger partial charge < -0.3 is 11.1 Å². The van der Waals surface area contributed by atoms with Crippen molar-refractivity contribution in [2.45, 2.75) is 53.0 Å². The summed E-state index contributed by atoms with van der Waals surface area (Å²) in [6, 6.07) is 6.48. The fourth-order valence-electron chi connectivity index (χ4n) is 2.46. The van der Waals surface area contributed by atoms with Gasteiger partial charge in [-0.25, -0.2) is 0 Å². The number of carbonyl (C=O) groups is 1. The average Bonchev–Trinajstić information content (AvgIpc) is 2.36. The highest BCUT2D eigenvalue weighted by Gasteiger charge is 2.12. The highest BCUT2D eigenvalue weighted by atomic mass is 35.5. The molecule has 0 aliphatic carbocycles. The first-order valence-corrected chi connectivity index (χ1v) is 7.48. The van der Waals surface area contributed by atoms with Crippen LogP contribution >= 0.6 is 12.4 Å². The van der Waals surface area contributed by atoms with Gasteiger partial charge in [0, 0.05) is 19.0 Å². The lowest BCUT2D eigenvalue weighted by Crippen LogP contribution is -2.41. The third kappa shape index (κ3) is 7.49. The second-order valence-electron chi connectivity index (χ2n) is 6.06. The fraction of sp³-hybridized carbons (Fsp3) is 0.588. The molecule has 0 saturated carbocycles. The Morgan fingerprint density at radius 2 is 1.95 bits per heavy atom. The summed E-state index contributed by atoms with van der Waals surface area (Å²) in [5, 5.41) is 3.04. The number of halogens is 1. The highest BCUT2D eigenvalue weighted by molar-refractivity contribution is 5.85. The van der Waals surface area contributed by atoms with Gasteiger partial charge in [-0.1, -0.05) is 37.6 Å². The molecule has 0 spiro atoms. The molecule has 1 aromatic rings. The molecule has 3 N–H and O–H groups in total. The lowest BCUT2D eigenvalue weighted by atomic mass is 10.0. The minimum Gasteiger partial charge on any atom is -0.352 e. The van der Waals surface area contributed by atoms with E-state index in [1.807, 2.05) is 0 Å². The van der Waals surface area contributed by atoms with Gasteiger partial charge in [0.25, 0.3) is 0 Å². The quantitative estimate of drug-likeness (QED) is 0.812. The normalized spacial score (nSPS) is 11.9. The number of amides is 1. The van der Waals surface area contributed by atoms with E-state index in [-0.39, 0.29) is 24.4 Å². The molecule has 1 unspecified atom stereocenters. The zero-order chi connectivity index (χ0) is 15.1. The van der Waals surface area contributed by atoms with Gasteiger partial charge in [0.05, 0.1) is 0 Å². The Labute approximate surface area is 135 Å². The maximum Gasteiger partial charge on any atom is 0.220 e. The predicted octanol–water partition coefficient (Wildman–Crippen LogP) is 3.15. The second kappa shape index (κ2) is 9.80. The summed E-state index contributed by atoms with van der Waals surface area (Å²) in [6.45, 7) is 8.98. The number of hydrogen-bond acceptors (Lipinski definition) is 2. The molecule has 0 aromatic heterocycles. The van der Waals surface area contributed by atoms with Gasteiger partial charge in [-0.05, 0) is 43.7 Å². The second-order valence-corrected chi connectivity index (χ2v) is 6.06. The van der Waals surface area contributed by atoms with Crippen LogP contribution in [-0.4, -0.2) is 18.5 Å². The molecule has 0 heterocycles. The smallest absolute Gasteiger partial charge is 0.220 e. The molecule has 4 heteroatoms. The lowest BCUT2D eigenvalue weighted by molar-refractivity contribution is -0.121. The SMILES string of the molecule is Cc1ccc(CCC(=O)NC(CN)CC(C)C)c(C)c1.Cl. The molecule has 1 rings (SSSR count). The van der Waals surface area contributed by atoms with Crippen molar-refractivity contribution in [1.29, 1.82) is 0 Å². The number of rotatable bonds is 7. The first-order valence-electron chi connectivity index (χ1n) is 7.48. The van der Waals surface area contributed by atoms with Crippen LogP contribution in [0.4, 0.5) is 0 Å². The van der Waals surface area contributed by atoms with E-state index in [0.29, 0.717) is 18.9 Å². The summed E-state index contributed by atoms with van der Waals surface area (Å²) in [6.07, 6.45) is 2.25. The molecular weight excluding hydrogens is 284 g/mol. The van der Waals surface area contributed by atoms with Gasteiger partial charge in [0.2, 0.25) is 5.91 Å². The van der Waals surface area contributed by atoms with Crippen LogP contribution in [0.25, 0.3) is 0 Å². The van der Waals surface area contributed by atoms with Gasteiger partial charge in [0.15, 0.2) is 0 Å². The Morgan fingerprint density at radius 1 is 1.29 bits per heavy atom. The molecule has 120 valence electrons. The monoisotopic (exact) mass is 312 g/mol. The van der Waals surface area contributed by atoms with Crippen molar-refractivity contribution in [3.63, 3.8) is 0 Å². The first kappa shape index (κ1) is 19.9. The van der Waals surface area contributed by atoms with E-state index in [9.17, 15) is 4.79 Å².